The van der Waals surface area contributed by atoms with Crippen LogP contribution in [0, 0.1) is 0 Å². The number of nitrogens with one attached hydrogen (secondary N) is 1. The van der Waals surface area contributed by atoms with Crippen LogP contribution in [-0.2, 0) is 0 Å². The molecule has 0 aliphatic heterocycles. The zero-order valence-electron chi connectivity index (χ0n) is 11.1. The summed E-state index contributed by atoms with van der Waals surface area (Å²) in [7, 11) is 0. The fourth-order valence-corrected chi connectivity index (χ4v) is 2.09. The Morgan fingerprint density at radius 3 is 2.72 bits per heavy atom. The molecule has 0 aliphatic rings. The number of rotatable bonds is 9. The van der Waals surface area contributed by atoms with Gasteiger partial charge in [0.1, 0.15) is 18.5 Å². The Hall–Kier alpha value is -0.710. The van der Waals surface area contributed by atoms with E-state index in [2.05, 4.69) is 18.5 Å². The molecule has 0 aliphatic carbocycles. The zero-order chi connectivity index (χ0) is 13.2. The number of para-hydroxylation sites is 1. The molecule has 0 aromatic heterocycles. The molecule has 0 spiro atoms. The minimum absolute atomic E-state index is 0.326. The molecule has 2 atom stereocenters. The molecule has 1 aromatic carbocycles. The molecule has 18 heavy (non-hydrogen) atoms. The van der Waals surface area contributed by atoms with E-state index in [1.165, 1.54) is 0 Å². The first-order valence-corrected chi connectivity index (χ1v) is 7.70. The van der Waals surface area contributed by atoms with E-state index in [9.17, 15) is 5.11 Å². The third-order valence-electron chi connectivity index (χ3n) is 2.64. The molecule has 4 heteroatoms. The minimum atomic E-state index is -0.470. The van der Waals surface area contributed by atoms with Crippen molar-refractivity contribution in [2.24, 2.45) is 0 Å². The van der Waals surface area contributed by atoms with Gasteiger partial charge in [-0.1, -0.05) is 18.2 Å². The van der Waals surface area contributed by atoms with Gasteiger partial charge in [0, 0.05) is 12.6 Å². The largest absolute Gasteiger partial charge is 0.491 e. The molecular formula is C14H23NO2S. The van der Waals surface area contributed by atoms with Crippen LogP contribution in [0.15, 0.2) is 30.3 Å². The third-order valence-corrected chi connectivity index (χ3v) is 3.29. The summed E-state index contributed by atoms with van der Waals surface area (Å²) in [6.45, 7) is 3.04. The normalized spacial score (nSPS) is 14.2. The maximum absolute atomic E-state index is 9.79. The second-order valence-corrected chi connectivity index (χ2v) is 5.35. The number of thioether (sulfide) groups is 1. The highest BCUT2D eigenvalue weighted by Crippen LogP contribution is 2.08. The summed E-state index contributed by atoms with van der Waals surface area (Å²) in [5, 5.41) is 13.1. The van der Waals surface area contributed by atoms with Crippen LogP contribution in [0.4, 0.5) is 0 Å². The van der Waals surface area contributed by atoms with E-state index in [0.717, 1.165) is 17.9 Å². The van der Waals surface area contributed by atoms with Gasteiger partial charge in [0.25, 0.3) is 0 Å². The van der Waals surface area contributed by atoms with Crippen molar-refractivity contribution >= 4 is 11.8 Å². The first-order valence-electron chi connectivity index (χ1n) is 6.30. The monoisotopic (exact) mass is 269 g/mol. The van der Waals surface area contributed by atoms with E-state index in [-0.39, 0.29) is 0 Å². The predicted octanol–water partition coefficient (Wildman–Crippen LogP) is 2.16. The molecule has 0 heterocycles. The van der Waals surface area contributed by atoms with E-state index in [4.69, 9.17) is 4.74 Å². The number of aliphatic hydroxyl groups excluding tert-OH is 1. The third kappa shape index (κ3) is 6.89. The molecule has 0 radical (unpaired) electrons. The molecule has 3 nitrogen and oxygen atoms in total. The van der Waals surface area contributed by atoms with Crippen molar-refractivity contribution in [2.45, 2.75) is 25.5 Å². The average Bonchev–Trinajstić information content (AvgIpc) is 2.41. The minimum Gasteiger partial charge on any atom is -0.491 e. The Morgan fingerprint density at radius 1 is 1.33 bits per heavy atom. The van der Waals surface area contributed by atoms with Crippen molar-refractivity contribution in [3.63, 3.8) is 0 Å². The van der Waals surface area contributed by atoms with Crippen LogP contribution in [0.2, 0.25) is 0 Å². The topological polar surface area (TPSA) is 41.5 Å². The lowest BCUT2D eigenvalue weighted by Crippen LogP contribution is -2.36. The van der Waals surface area contributed by atoms with Gasteiger partial charge in [0.15, 0.2) is 0 Å². The highest BCUT2D eigenvalue weighted by molar-refractivity contribution is 7.98. The van der Waals surface area contributed by atoms with Crippen molar-refractivity contribution in [2.75, 3.05) is 25.2 Å². The fraction of sp³-hybridized carbons (Fsp3) is 0.571. The average molecular weight is 269 g/mol. The Balaban J connectivity index is 2.12. The first-order chi connectivity index (χ1) is 8.72. The van der Waals surface area contributed by atoms with Gasteiger partial charge in [-0.15, -0.1) is 0 Å². The lowest BCUT2D eigenvalue weighted by Gasteiger charge is -2.17. The molecule has 2 unspecified atom stereocenters. The van der Waals surface area contributed by atoms with Gasteiger partial charge in [-0.05, 0) is 37.5 Å². The summed E-state index contributed by atoms with van der Waals surface area (Å²) in [6.07, 6.45) is 2.75. The summed E-state index contributed by atoms with van der Waals surface area (Å²) >= 11 is 1.84. The highest BCUT2D eigenvalue weighted by atomic mass is 32.2. The summed E-state index contributed by atoms with van der Waals surface area (Å²) in [5.41, 5.74) is 0. The van der Waals surface area contributed by atoms with Crippen LogP contribution in [0.25, 0.3) is 0 Å². The van der Waals surface area contributed by atoms with Crippen LogP contribution in [0.5, 0.6) is 5.75 Å². The van der Waals surface area contributed by atoms with Gasteiger partial charge in [0.2, 0.25) is 0 Å². The Kier molecular flexibility index (Phi) is 7.89. The van der Waals surface area contributed by atoms with Crippen LogP contribution < -0.4 is 10.1 Å². The summed E-state index contributed by atoms with van der Waals surface area (Å²) in [4.78, 5) is 0. The number of benzene rings is 1. The number of aliphatic hydroxyl groups is 1. The summed E-state index contributed by atoms with van der Waals surface area (Å²) < 4.78 is 5.49. The molecular weight excluding hydrogens is 246 g/mol. The quantitative estimate of drug-likeness (QED) is 0.721. The Labute approximate surface area is 114 Å². The Bertz CT molecular complexity index is 308. The van der Waals surface area contributed by atoms with Gasteiger partial charge in [0.05, 0.1) is 0 Å². The van der Waals surface area contributed by atoms with Crippen molar-refractivity contribution in [3.8, 4) is 5.75 Å². The number of hydrogen-bond acceptors (Lipinski definition) is 4. The van der Waals surface area contributed by atoms with Crippen LogP contribution in [0.3, 0.4) is 0 Å². The molecule has 0 saturated carbocycles. The summed E-state index contributed by atoms with van der Waals surface area (Å²) in [5.74, 6) is 1.94. The summed E-state index contributed by atoms with van der Waals surface area (Å²) in [6, 6.07) is 10.00. The van der Waals surface area contributed by atoms with Crippen LogP contribution in [-0.4, -0.2) is 42.4 Å². The molecule has 1 rings (SSSR count). The Morgan fingerprint density at radius 2 is 2.06 bits per heavy atom. The predicted molar refractivity (Wildman–Crippen MR) is 78.4 cm³/mol. The van der Waals surface area contributed by atoms with Crippen molar-refractivity contribution in [1.29, 1.82) is 0 Å². The second-order valence-electron chi connectivity index (χ2n) is 4.37. The maximum Gasteiger partial charge on any atom is 0.119 e. The number of hydrogen-bond donors (Lipinski definition) is 2. The number of ether oxygens (including phenoxy) is 1. The zero-order valence-corrected chi connectivity index (χ0v) is 12.0. The molecule has 1 aromatic rings. The van der Waals surface area contributed by atoms with Gasteiger partial charge in [-0.2, -0.15) is 11.8 Å². The van der Waals surface area contributed by atoms with Gasteiger partial charge in [-0.25, -0.2) is 0 Å². The maximum atomic E-state index is 9.79. The van der Waals surface area contributed by atoms with Gasteiger partial charge < -0.3 is 15.2 Å². The lowest BCUT2D eigenvalue weighted by atomic mass is 10.2. The van der Waals surface area contributed by atoms with Crippen LogP contribution in [0.1, 0.15) is 13.3 Å². The SMILES string of the molecule is CSCCC(C)NCC(O)COc1ccccc1. The van der Waals surface area contributed by atoms with Gasteiger partial charge >= 0.3 is 0 Å². The van der Waals surface area contributed by atoms with E-state index in [1.807, 2.05) is 42.1 Å². The van der Waals surface area contributed by atoms with Crippen molar-refractivity contribution < 1.29 is 9.84 Å². The van der Waals surface area contributed by atoms with Crippen molar-refractivity contribution in [1.82, 2.24) is 5.32 Å². The lowest BCUT2D eigenvalue weighted by molar-refractivity contribution is 0.104. The van der Waals surface area contributed by atoms with E-state index < -0.39 is 6.10 Å². The molecule has 102 valence electrons. The van der Waals surface area contributed by atoms with Crippen LogP contribution >= 0.6 is 11.8 Å². The second kappa shape index (κ2) is 9.25. The smallest absolute Gasteiger partial charge is 0.119 e. The van der Waals surface area contributed by atoms with E-state index >= 15 is 0 Å². The molecule has 0 fully saturated rings. The molecule has 0 amide bonds. The fourth-order valence-electron chi connectivity index (χ4n) is 1.50. The van der Waals surface area contributed by atoms with E-state index in [0.29, 0.717) is 19.2 Å². The molecule has 0 bridgehead atoms. The molecule has 0 saturated heterocycles. The molecule has 2 N–H and O–H groups in total. The first kappa shape index (κ1) is 15.3. The van der Waals surface area contributed by atoms with Gasteiger partial charge in [-0.3, -0.25) is 0 Å². The highest BCUT2D eigenvalue weighted by Gasteiger charge is 2.07. The standard InChI is InChI=1S/C14H23NO2S/c1-12(8-9-18-2)15-10-13(16)11-17-14-6-4-3-5-7-14/h3-7,12-13,15-16H,8-11H2,1-2H3. The van der Waals surface area contributed by atoms with E-state index in [1.54, 1.807) is 0 Å². The van der Waals surface area contributed by atoms with Crippen molar-refractivity contribution in [3.05, 3.63) is 30.3 Å².